The average molecular weight is 287 g/mol. The third-order valence-corrected chi connectivity index (χ3v) is 4.51. The monoisotopic (exact) mass is 287 g/mol. The summed E-state index contributed by atoms with van der Waals surface area (Å²) in [4.78, 5) is 13.5. The third-order valence-electron chi connectivity index (χ3n) is 2.69. The maximum Gasteiger partial charge on any atom is 0.310 e. The van der Waals surface area contributed by atoms with E-state index in [-0.39, 0.29) is 5.97 Å². The number of hydrogen-bond acceptors (Lipinski definition) is 5. The lowest BCUT2D eigenvalue weighted by molar-refractivity contribution is -0.139. The van der Waals surface area contributed by atoms with Crippen LogP contribution in [0, 0.1) is 0 Å². The maximum atomic E-state index is 11.2. The molecular weight excluding hydrogens is 266 g/mol. The van der Waals surface area contributed by atoms with Gasteiger partial charge in [0, 0.05) is 28.1 Å². The number of esters is 1. The number of rotatable bonds is 8. The minimum Gasteiger partial charge on any atom is -0.469 e. The smallest absolute Gasteiger partial charge is 0.310 e. The molecule has 0 spiro atoms. The maximum absolute atomic E-state index is 11.2. The Morgan fingerprint density at radius 2 is 2.22 bits per heavy atom. The molecular formula is C13H21NO2S2. The summed E-state index contributed by atoms with van der Waals surface area (Å²) in [5.41, 5.74) is 0. The van der Waals surface area contributed by atoms with E-state index in [1.165, 1.54) is 12.0 Å². The molecule has 0 aliphatic heterocycles. The second-order valence-corrected chi connectivity index (χ2v) is 6.23. The summed E-state index contributed by atoms with van der Waals surface area (Å²) in [5, 5.41) is 3.54. The van der Waals surface area contributed by atoms with Gasteiger partial charge in [0.2, 0.25) is 0 Å². The van der Waals surface area contributed by atoms with E-state index < -0.39 is 0 Å². The molecule has 0 saturated carbocycles. The van der Waals surface area contributed by atoms with Crippen LogP contribution in [-0.2, 0) is 22.5 Å². The topological polar surface area (TPSA) is 38.3 Å². The zero-order chi connectivity index (χ0) is 13.4. The van der Waals surface area contributed by atoms with Gasteiger partial charge in [-0.05, 0) is 24.8 Å². The molecule has 0 aromatic carbocycles. The average Bonchev–Trinajstić information content (AvgIpc) is 2.81. The Bertz CT molecular complexity index is 366. The van der Waals surface area contributed by atoms with Crippen LogP contribution in [-0.4, -0.2) is 31.1 Å². The van der Waals surface area contributed by atoms with Crippen LogP contribution in [0.4, 0.5) is 0 Å². The van der Waals surface area contributed by atoms with Gasteiger partial charge in [0.05, 0.1) is 13.5 Å². The van der Waals surface area contributed by atoms with Crippen LogP contribution in [0.5, 0.6) is 0 Å². The van der Waals surface area contributed by atoms with Gasteiger partial charge in [-0.3, -0.25) is 4.79 Å². The van der Waals surface area contributed by atoms with Crippen molar-refractivity contribution in [1.29, 1.82) is 0 Å². The van der Waals surface area contributed by atoms with E-state index in [0.29, 0.717) is 12.5 Å². The Morgan fingerprint density at radius 1 is 1.50 bits per heavy atom. The highest BCUT2D eigenvalue weighted by atomic mass is 32.2. The van der Waals surface area contributed by atoms with Crippen LogP contribution in [0.25, 0.3) is 0 Å². The van der Waals surface area contributed by atoms with Crippen molar-refractivity contribution >= 4 is 29.1 Å². The van der Waals surface area contributed by atoms with Gasteiger partial charge in [0.15, 0.2) is 0 Å². The number of thioether (sulfide) groups is 1. The highest BCUT2D eigenvalue weighted by Gasteiger charge is 2.08. The second-order valence-electron chi connectivity index (χ2n) is 4.06. The molecule has 3 nitrogen and oxygen atoms in total. The van der Waals surface area contributed by atoms with Crippen molar-refractivity contribution in [2.24, 2.45) is 0 Å². The lowest BCUT2D eigenvalue weighted by Gasteiger charge is -2.14. The first-order valence-electron chi connectivity index (χ1n) is 6.06. The van der Waals surface area contributed by atoms with Crippen LogP contribution in [0.1, 0.15) is 23.1 Å². The molecule has 0 amide bonds. The molecule has 1 aromatic rings. The number of thiophene rings is 1. The molecule has 0 fully saturated rings. The highest BCUT2D eigenvalue weighted by molar-refractivity contribution is 7.98. The Hall–Kier alpha value is -0.520. The first-order chi connectivity index (χ1) is 8.69. The minimum absolute atomic E-state index is 0.176. The third kappa shape index (κ3) is 5.42. The van der Waals surface area contributed by atoms with E-state index >= 15 is 0 Å². The number of nitrogens with one attached hydrogen (secondary N) is 1. The van der Waals surface area contributed by atoms with Crippen LogP contribution in [0.2, 0.25) is 0 Å². The van der Waals surface area contributed by atoms with Gasteiger partial charge in [-0.25, -0.2) is 0 Å². The summed E-state index contributed by atoms with van der Waals surface area (Å²) in [6.07, 6.45) is 3.65. The molecule has 0 aliphatic carbocycles. The quantitative estimate of drug-likeness (QED) is 0.746. The van der Waals surface area contributed by atoms with Crippen LogP contribution >= 0.6 is 23.1 Å². The SMILES string of the molecule is CCC(CSC)NCc1ccc(CC(=O)OC)s1. The fourth-order valence-electron chi connectivity index (χ4n) is 1.59. The molecule has 1 N–H and O–H groups in total. The summed E-state index contributed by atoms with van der Waals surface area (Å²) < 4.78 is 4.66. The zero-order valence-corrected chi connectivity index (χ0v) is 12.8. The number of carbonyl (C=O) groups is 1. The van der Waals surface area contributed by atoms with Gasteiger partial charge in [-0.15, -0.1) is 11.3 Å². The Morgan fingerprint density at radius 3 is 2.83 bits per heavy atom. The lowest BCUT2D eigenvalue weighted by atomic mass is 10.2. The van der Waals surface area contributed by atoms with Gasteiger partial charge in [-0.2, -0.15) is 11.8 Å². The number of methoxy groups -OCH3 is 1. The van der Waals surface area contributed by atoms with E-state index in [1.54, 1.807) is 11.3 Å². The molecule has 0 saturated heterocycles. The van der Waals surface area contributed by atoms with Crippen molar-refractivity contribution in [1.82, 2.24) is 5.32 Å². The Labute approximate surface area is 117 Å². The van der Waals surface area contributed by atoms with E-state index in [1.807, 2.05) is 17.8 Å². The molecule has 1 unspecified atom stereocenters. The van der Waals surface area contributed by atoms with Crippen molar-refractivity contribution in [3.63, 3.8) is 0 Å². The summed E-state index contributed by atoms with van der Waals surface area (Å²) in [6.45, 7) is 3.08. The fraction of sp³-hybridized carbons (Fsp3) is 0.615. The van der Waals surface area contributed by atoms with Gasteiger partial charge in [0.25, 0.3) is 0 Å². The highest BCUT2D eigenvalue weighted by Crippen LogP contribution is 2.17. The van der Waals surface area contributed by atoms with Crippen molar-refractivity contribution in [2.45, 2.75) is 32.4 Å². The lowest BCUT2D eigenvalue weighted by Crippen LogP contribution is -2.29. The molecule has 18 heavy (non-hydrogen) atoms. The van der Waals surface area contributed by atoms with E-state index in [9.17, 15) is 4.79 Å². The molecule has 0 bridgehead atoms. The largest absolute Gasteiger partial charge is 0.469 e. The predicted molar refractivity (Wildman–Crippen MR) is 79.3 cm³/mol. The zero-order valence-electron chi connectivity index (χ0n) is 11.2. The van der Waals surface area contributed by atoms with Crippen LogP contribution in [0.3, 0.4) is 0 Å². The Balaban J connectivity index is 2.41. The molecule has 0 radical (unpaired) electrons. The van der Waals surface area contributed by atoms with Gasteiger partial charge in [0.1, 0.15) is 0 Å². The number of hydrogen-bond donors (Lipinski definition) is 1. The molecule has 102 valence electrons. The number of ether oxygens (including phenoxy) is 1. The summed E-state index contributed by atoms with van der Waals surface area (Å²) in [6, 6.07) is 4.65. The fourth-order valence-corrected chi connectivity index (χ4v) is 3.30. The van der Waals surface area contributed by atoms with Crippen molar-refractivity contribution in [2.75, 3.05) is 19.1 Å². The molecule has 1 rings (SSSR count). The predicted octanol–water partition coefficient (Wildman–Crippen LogP) is 2.69. The standard InChI is InChI=1S/C13H21NO2S2/c1-4-10(9-17-3)14-8-12-6-5-11(18-12)7-13(15)16-2/h5-6,10,14H,4,7-9H2,1-3H3. The van der Waals surface area contributed by atoms with E-state index in [4.69, 9.17) is 0 Å². The van der Waals surface area contributed by atoms with Crippen molar-refractivity contribution in [3.05, 3.63) is 21.9 Å². The van der Waals surface area contributed by atoms with Gasteiger partial charge >= 0.3 is 5.97 Å². The summed E-state index contributed by atoms with van der Waals surface area (Å²) >= 11 is 3.54. The second kappa shape index (κ2) is 8.56. The molecule has 1 heterocycles. The van der Waals surface area contributed by atoms with Gasteiger partial charge < -0.3 is 10.1 Å². The Kier molecular flexibility index (Phi) is 7.39. The van der Waals surface area contributed by atoms with Crippen LogP contribution < -0.4 is 5.32 Å². The normalized spacial score (nSPS) is 12.4. The van der Waals surface area contributed by atoms with E-state index in [2.05, 4.69) is 29.3 Å². The van der Waals surface area contributed by atoms with Gasteiger partial charge in [-0.1, -0.05) is 6.92 Å². The first-order valence-corrected chi connectivity index (χ1v) is 8.27. The molecule has 0 aliphatic rings. The van der Waals surface area contributed by atoms with E-state index in [0.717, 1.165) is 23.6 Å². The number of carbonyl (C=O) groups excluding carboxylic acids is 1. The molecule has 1 aromatic heterocycles. The first kappa shape index (κ1) is 15.5. The summed E-state index contributed by atoms with van der Waals surface area (Å²) in [7, 11) is 1.42. The van der Waals surface area contributed by atoms with Crippen molar-refractivity contribution < 1.29 is 9.53 Å². The van der Waals surface area contributed by atoms with Crippen molar-refractivity contribution in [3.8, 4) is 0 Å². The summed E-state index contributed by atoms with van der Waals surface area (Å²) in [5.74, 6) is 0.960. The molecule has 1 atom stereocenters. The minimum atomic E-state index is -0.176. The molecule has 5 heteroatoms. The van der Waals surface area contributed by atoms with Crippen LogP contribution in [0.15, 0.2) is 12.1 Å².